The largest absolute Gasteiger partial charge is 0.494 e. The number of nitrogens with zero attached hydrogens (tertiary/aromatic N) is 1. The molecule has 0 saturated carbocycles. The van der Waals surface area contributed by atoms with Gasteiger partial charge in [0.25, 0.3) is 11.6 Å². The van der Waals surface area contributed by atoms with Gasteiger partial charge in [-0.15, -0.1) is 0 Å². The normalized spacial score (nSPS) is 11.4. The summed E-state index contributed by atoms with van der Waals surface area (Å²) in [5.74, 6) is -1.32. The van der Waals surface area contributed by atoms with Crippen LogP contribution in [0.1, 0.15) is 20.3 Å². The highest BCUT2D eigenvalue weighted by Crippen LogP contribution is 2.28. The van der Waals surface area contributed by atoms with Crippen LogP contribution in [0.25, 0.3) is 0 Å². The maximum absolute atomic E-state index is 12.0. The molecule has 0 aromatic heterocycles. The van der Waals surface area contributed by atoms with Crippen LogP contribution in [0.3, 0.4) is 0 Å². The Balaban J connectivity index is 2.70. The van der Waals surface area contributed by atoms with E-state index in [0.29, 0.717) is 6.42 Å². The van der Waals surface area contributed by atoms with Crippen molar-refractivity contribution in [2.75, 3.05) is 19.0 Å². The van der Waals surface area contributed by atoms with E-state index in [2.05, 4.69) is 10.6 Å². The molecule has 0 saturated heterocycles. The van der Waals surface area contributed by atoms with E-state index in [0.717, 1.165) is 6.07 Å². The van der Waals surface area contributed by atoms with Gasteiger partial charge in [-0.1, -0.05) is 13.8 Å². The number of esters is 1. The molecule has 11 nitrogen and oxygen atoms in total. The number of nitro groups is 1. The molecule has 0 aliphatic rings. The number of anilines is 1. The lowest BCUT2D eigenvalue weighted by molar-refractivity contribution is -0.384. The molecule has 1 unspecified atom stereocenters. The number of ether oxygens (including phenoxy) is 2. The third kappa shape index (κ3) is 7.18. The Morgan fingerprint density at radius 1 is 1.30 bits per heavy atom. The van der Waals surface area contributed by atoms with E-state index < -0.39 is 35.5 Å². The molecule has 0 radical (unpaired) electrons. The number of nitrogens with two attached hydrogens (primary N) is 1. The number of urea groups is 1. The molecule has 148 valence electrons. The van der Waals surface area contributed by atoms with Crippen LogP contribution in [-0.4, -0.2) is 42.6 Å². The SMILES string of the molecule is COc1cc([N+](=O)[O-])ccc1NC(=O)COC(=O)C(CC(C)C)NC(N)=O. The van der Waals surface area contributed by atoms with Gasteiger partial charge in [0.2, 0.25) is 0 Å². The lowest BCUT2D eigenvalue weighted by atomic mass is 10.0. The molecule has 1 atom stereocenters. The Kier molecular flexibility index (Phi) is 7.98. The monoisotopic (exact) mass is 382 g/mol. The first-order chi connectivity index (χ1) is 12.6. The third-order valence-corrected chi connectivity index (χ3v) is 3.32. The van der Waals surface area contributed by atoms with Gasteiger partial charge in [-0.05, 0) is 18.4 Å². The topological polar surface area (TPSA) is 163 Å². The van der Waals surface area contributed by atoms with Crippen molar-refractivity contribution in [2.24, 2.45) is 11.7 Å². The summed E-state index contributed by atoms with van der Waals surface area (Å²) in [4.78, 5) is 45.2. The van der Waals surface area contributed by atoms with E-state index >= 15 is 0 Å². The Bertz CT molecular complexity index is 721. The summed E-state index contributed by atoms with van der Waals surface area (Å²) in [5, 5.41) is 15.5. The minimum atomic E-state index is -0.968. The molecular weight excluding hydrogens is 360 g/mol. The van der Waals surface area contributed by atoms with Crippen molar-refractivity contribution in [1.82, 2.24) is 5.32 Å². The van der Waals surface area contributed by atoms with Crippen LogP contribution in [0.5, 0.6) is 5.75 Å². The quantitative estimate of drug-likeness (QED) is 0.328. The number of non-ortho nitro benzene ring substituents is 1. The van der Waals surface area contributed by atoms with Crippen LogP contribution in [0.15, 0.2) is 18.2 Å². The number of methoxy groups -OCH3 is 1. The number of hydrogen-bond acceptors (Lipinski definition) is 7. The minimum Gasteiger partial charge on any atom is -0.494 e. The van der Waals surface area contributed by atoms with E-state index in [9.17, 15) is 24.5 Å². The zero-order valence-corrected chi connectivity index (χ0v) is 15.2. The van der Waals surface area contributed by atoms with E-state index in [-0.39, 0.29) is 23.0 Å². The van der Waals surface area contributed by atoms with Gasteiger partial charge in [-0.2, -0.15) is 0 Å². The molecule has 27 heavy (non-hydrogen) atoms. The first-order valence-corrected chi connectivity index (χ1v) is 7.99. The van der Waals surface area contributed by atoms with Gasteiger partial charge in [0.05, 0.1) is 23.8 Å². The summed E-state index contributed by atoms with van der Waals surface area (Å²) in [6.07, 6.45) is 0.291. The summed E-state index contributed by atoms with van der Waals surface area (Å²) >= 11 is 0. The summed E-state index contributed by atoms with van der Waals surface area (Å²) in [6.45, 7) is 3.07. The standard InChI is InChI=1S/C16H22N4O7/c1-9(2)6-12(19-16(17)23)15(22)27-8-14(21)18-11-5-4-10(20(24)25)7-13(11)26-3/h4-5,7,9,12H,6,8H2,1-3H3,(H,18,21)(H3,17,19,23). The lowest BCUT2D eigenvalue weighted by Gasteiger charge is -2.18. The van der Waals surface area contributed by atoms with Crippen LogP contribution in [0.4, 0.5) is 16.2 Å². The van der Waals surface area contributed by atoms with Crippen LogP contribution in [-0.2, 0) is 14.3 Å². The summed E-state index contributed by atoms with van der Waals surface area (Å²) in [7, 11) is 1.29. The second-order valence-electron chi connectivity index (χ2n) is 5.99. The van der Waals surface area contributed by atoms with Crippen LogP contribution in [0.2, 0.25) is 0 Å². The number of rotatable bonds is 9. The molecule has 0 heterocycles. The Hall–Kier alpha value is -3.37. The first-order valence-electron chi connectivity index (χ1n) is 7.99. The molecule has 0 fully saturated rings. The molecule has 0 spiro atoms. The van der Waals surface area contributed by atoms with Crippen molar-refractivity contribution in [3.05, 3.63) is 28.3 Å². The number of carbonyl (C=O) groups is 3. The summed E-state index contributed by atoms with van der Waals surface area (Å²) in [5.41, 5.74) is 5.01. The molecule has 1 aromatic carbocycles. The molecule has 3 amide bonds. The van der Waals surface area contributed by atoms with Gasteiger partial charge in [0.1, 0.15) is 11.8 Å². The van der Waals surface area contributed by atoms with Crippen LogP contribution in [0, 0.1) is 16.0 Å². The van der Waals surface area contributed by atoms with Crippen LogP contribution < -0.4 is 21.1 Å². The predicted molar refractivity (Wildman–Crippen MR) is 95.2 cm³/mol. The molecule has 11 heteroatoms. The molecule has 0 aliphatic heterocycles. The Labute approximate surface area is 155 Å². The highest BCUT2D eigenvalue weighted by atomic mass is 16.6. The number of amides is 3. The van der Waals surface area contributed by atoms with Crippen molar-refractivity contribution in [2.45, 2.75) is 26.3 Å². The van der Waals surface area contributed by atoms with Gasteiger partial charge in [-0.3, -0.25) is 14.9 Å². The number of nitrogens with one attached hydrogen (secondary N) is 2. The fourth-order valence-corrected chi connectivity index (χ4v) is 2.18. The van der Waals surface area contributed by atoms with Gasteiger partial charge >= 0.3 is 12.0 Å². The average Bonchev–Trinajstić information content (AvgIpc) is 2.58. The molecular formula is C16H22N4O7. The Morgan fingerprint density at radius 3 is 2.48 bits per heavy atom. The van der Waals surface area contributed by atoms with Crippen molar-refractivity contribution >= 4 is 29.3 Å². The highest BCUT2D eigenvalue weighted by molar-refractivity contribution is 5.94. The molecule has 0 bridgehead atoms. The lowest BCUT2D eigenvalue weighted by Crippen LogP contribution is -2.45. The fourth-order valence-electron chi connectivity index (χ4n) is 2.18. The maximum atomic E-state index is 12.0. The van der Waals surface area contributed by atoms with Gasteiger partial charge < -0.3 is 25.8 Å². The van der Waals surface area contributed by atoms with Crippen molar-refractivity contribution in [3.63, 3.8) is 0 Å². The first kappa shape index (κ1) is 21.7. The van der Waals surface area contributed by atoms with Crippen molar-refractivity contribution < 1.29 is 28.8 Å². The number of nitro benzene ring substituents is 1. The van der Waals surface area contributed by atoms with Crippen molar-refractivity contribution in [1.29, 1.82) is 0 Å². The zero-order chi connectivity index (χ0) is 20.6. The molecule has 0 aliphatic carbocycles. The molecule has 1 rings (SSSR count). The van der Waals surface area contributed by atoms with E-state index in [1.807, 2.05) is 13.8 Å². The zero-order valence-electron chi connectivity index (χ0n) is 15.2. The molecule has 1 aromatic rings. The summed E-state index contributed by atoms with van der Waals surface area (Å²) < 4.78 is 9.91. The highest BCUT2D eigenvalue weighted by Gasteiger charge is 2.23. The van der Waals surface area contributed by atoms with E-state index in [1.54, 1.807) is 0 Å². The van der Waals surface area contributed by atoms with Crippen molar-refractivity contribution in [3.8, 4) is 5.75 Å². The minimum absolute atomic E-state index is 0.0765. The number of carbonyl (C=O) groups excluding carboxylic acids is 3. The van der Waals surface area contributed by atoms with E-state index in [4.69, 9.17) is 15.2 Å². The predicted octanol–water partition coefficient (Wildman–Crippen LogP) is 1.17. The van der Waals surface area contributed by atoms with Gasteiger partial charge in [-0.25, -0.2) is 9.59 Å². The third-order valence-electron chi connectivity index (χ3n) is 3.32. The number of hydrogen-bond donors (Lipinski definition) is 3. The van der Waals surface area contributed by atoms with E-state index in [1.165, 1.54) is 19.2 Å². The smallest absolute Gasteiger partial charge is 0.329 e. The Morgan fingerprint density at radius 2 is 1.96 bits per heavy atom. The second kappa shape index (κ2) is 9.94. The average molecular weight is 382 g/mol. The molecule has 4 N–H and O–H groups in total. The number of primary amides is 1. The van der Waals surface area contributed by atoms with Gasteiger partial charge in [0, 0.05) is 6.07 Å². The van der Waals surface area contributed by atoms with Gasteiger partial charge in [0.15, 0.2) is 6.61 Å². The maximum Gasteiger partial charge on any atom is 0.329 e. The fraction of sp³-hybridized carbons (Fsp3) is 0.438. The second-order valence-corrected chi connectivity index (χ2v) is 5.99. The van der Waals surface area contributed by atoms with Crippen LogP contribution >= 0.6 is 0 Å². The summed E-state index contributed by atoms with van der Waals surface area (Å²) in [6, 6.07) is 1.80. The number of benzene rings is 1.